The zero-order chi connectivity index (χ0) is 13.4. The van der Waals surface area contributed by atoms with Crippen LogP contribution >= 0.6 is 28.1 Å². The fourth-order valence-corrected chi connectivity index (χ4v) is 2.41. The van der Waals surface area contributed by atoms with Crippen LogP contribution in [-0.4, -0.2) is 9.97 Å². The van der Waals surface area contributed by atoms with Gasteiger partial charge in [-0.2, -0.15) is 0 Å². The summed E-state index contributed by atoms with van der Waals surface area (Å²) in [6.45, 7) is 0. The molecule has 0 amide bonds. The smallest absolute Gasteiger partial charge is 0.259 e. The van der Waals surface area contributed by atoms with E-state index in [9.17, 15) is 4.79 Å². The molecule has 2 aromatic rings. The molecular weight excluding hydrogens is 324 g/mol. The molecule has 3 nitrogen and oxygen atoms in total. The minimum Gasteiger partial charge on any atom is -0.332 e. The van der Waals surface area contributed by atoms with E-state index < -0.39 is 0 Å². The third-order valence-corrected chi connectivity index (χ3v) is 3.75. The van der Waals surface area contributed by atoms with Crippen molar-refractivity contribution in [2.24, 2.45) is 0 Å². The van der Waals surface area contributed by atoms with Gasteiger partial charge in [0.15, 0.2) is 4.77 Å². The number of rotatable bonds is 1. The third kappa shape index (κ3) is 2.77. The molecule has 1 aromatic heterocycles. The first-order valence-electron chi connectivity index (χ1n) is 5.95. The Labute approximate surface area is 122 Å². The number of benzene rings is 1. The predicted octanol–water partition coefficient (Wildman–Crippen LogP) is 1.97. The van der Waals surface area contributed by atoms with E-state index in [1.807, 2.05) is 30.3 Å². The molecule has 0 atom stereocenters. The summed E-state index contributed by atoms with van der Waals surface area (Å²) in [4.78, 5) is 17.8. The van der Waals surface area contributed by atoms with Gasteiger partial charge in [-0.25, -0.2) is 0 Å². The van der Waals surface area contributed by atoms with Gasteiger partial charge >= 0.3 is 0 Å². The average molecular weight is 335 g/mol. The highest BCUT2D eigenvalue weighted by atomic mass is 79.9. The van der Waals surface area contributed by atoms with Crippen LogP contribution in [0.1, 0.15) is 18.4 Å². The molecule has 3 rings (SSSR count). The number of hydrogen-bond acceptors (Lipinski definition) is 2. The van der Waals surface area contributed by atoms with Crippen LogP contribution in [0.5, 0.6) is 0 Å². The van der Waals surface area contributed by atoms with Crippen molar-refractivity contribution in [2.45, 2.75) is 12.8 Å². The zero-order valence-electron chi connectivity index (χ0n) is 10.00. The van der Waals surface area contributed by atoms with E-state index in [-0.39, 0.29) is 5.56 Å². The second-order valence-corrected chi connectivity index (χ2v) is 5.82. The summed E-state index contributed by atoms with van der Waals surface area (Å²) in [7, 11) is 0. The molecule has 19 heavy (non-hydrogen) atoms. The van der Waals surface area contributed by atoms with Crippen LogP contribution in [0, 0.1) is 4.77 Å². The molecule has 0 aliphatic heterocycles. The molecule has 1 aliphatic rings. The number of H-pyrrole nitrogens is 2. The first kappa shape index (κ1) is 12.6. The fraction of sp³-hybridized carbons (Fsp3) is 0.143. The van der Waals surface area contributed by atoms with Crippen LogP contribution in [0.25, 0.3) is 11.6 Å². The van der Waals surface area contributed by atoms with Gasteiger partial charge in [-0.05, 0) is 54.4 Å². The Morgan fingerprint density at radius 2 is 1.84 bits per heavy atom. The summed E-state index contributed by atoms with van der Waals surface area (Å²) < 4.78 is 1.40. The zero-order valence-corrected chi connectivity index (χ0v) is 12.4. The predicted molar refractivity (Wildman–Crippen MR) is 81.8 cm³/mol. The maximum absolute atomic E-state index is 12.1. The van der Waals surface area contributed by atoms with Crippen LogP contribution in [0.2, 0.25) is 0 Å². The molecular formula is C14H11BrN2OS. The van der Waals surface area contributed by atoms with Gasteiger partial charge in [-0.15, -0.1) is 0 Å². The van der Waals surface area contributed by atoms with Gasteiger partial charge in [0.2, 0.25) is 0 Å². The van der Waals surface area contributed by atoms with E-state index in [4.69, 9.17) is 12.2 Å². The van der Waals surface area contributed by atoms with Crippen LogP contribution in [0.4, 0.5) is 0 Å². The Kier molecular flexibility index (Phi) is 3.24. The van der Waals surface area contributed by atoms with E-state index in [0.717, 1.165) is 28.2 Å². The Morgan fingerprint density at radius 1 is 1.16 bits per heavy atom. The quantitative estimate of drug-likeness (QED) is 0.783. The Morgan fingerprint density at radius 3 is 2.47 bits per heavy atom. The molecule has 1 aromatic carbocycles. The van der Waals surface area contributed by atoms with E-state index in [1.54, 1.807) is 0 Å². The second kappa shape index (κ2) is 4.90. The molecule has 0 bridgehead atoms. The lowest BCUT2D eigenvalue weighted by atomic mass is 10.2. The summed E-state index contributed by atoms with van der Waals surface area (Å²) in [5.41, 5.74) is 2.11. The number of halogens is 1. The van der Waals surface area contributed by atoms with Crippen molar-refractivity contribution in [3.63, 3.8) is 0 Å². The number of nitrogens with one attached hydrogen (secondary N) is 2. The van der Waals surface area contributed by atoms with Crippen molar-refractivity contribution in [3.05, 3.63) is 60.0 Å². The molecule has 1 aliphatic carbocycles. The van der Waals surface area contributed by atoms with Gasteiger partial charge < -0.3 is 4.98 Å². The van der Waals surface area contributed by atoms with Crippen molar-refractivity contribution < 1.29 is 0 Å². The summed E-state index contributed by atoms with van der Waals surface area (Å²) >= 11 is 8.43. The molecule has 1 saturated carbocycles. The normalized spacial score (nSPS) is 14.8. The summed E-state index contributed by atoms with van der Waals surface area (Å²) in [5, 5.41) is 1.54. The van der Waals surface area contributed by atoms with Crippen molar-refractivity contribution in [3.8, 4) is 0 Å². The van der Waals surface area contributed by atoms with E-state index in [2.05, 4.69) is 25.9 Å². The molecule has 96 valence electrons. The van der Waals surface area contributed by atoms with Gasteiger partial charge in [-0.1, -0.05) is 28.1 Å². The van der Waals surface area contributed by atoms with Crippen LogP contribution in [0.15, 0.2) is 33.5 Å². The maximum atomic E-state index is 12.1. The number of hydrogen-bond donors (Lipinski definition) is 2. The molecule has 2 N–H and O–H groups in total. The Hall–Kier alpha value is -1.46. The van der Waals surface area contributed by atoms with Gasteiger partial charge in [-0.3, -0.25) is 9.78 Å². The minimum atomic E-state index is -0.138. The second-order valence-electron chi connectivity index (χ2n) is 4.50. The summed E-state index contributed by atoms with van der Waals surface area (Å²) in [6, 6.07) is 7.84. The van der Waals surface area contributed by atoms with Crippen molar-refractivity contribution in [2.75, 3.05) is 0 Å². The van der Waals surface area contributed by atoms with Crippen LogP contribution < -0.4 is 16.1 Å². The van der Waals surface area contributed by atoms with Gasteiger partial charge in [0.1, 0.15) is 0 Å². The molecule has 5 heteroatoms. The lowest BCUT2D eigenvalue weighted by Crippen LogP contribution is -2.43. The van der Waals surface area contributed by atoms with Gasteiger partial charge in [0, 0.05) is 4.47 Å². The largest absolute Gasteiger partial charge is 0.332 e. The van der Waals surface area contributed by atoms with E-state index in [0.29, 0.717) is 9.99 Å². The van der Waals surface area contributed by atoms with E-state index in [1.165, 1.54) is 5.57 Å². The first-order valence-corrected chi connectivity index (χ1v) is 7.15. The lowest BCUT2D eigenvalue weighted by molar-refractivity contribution is 1.03. The van der Waals surface area contributed by atoms with Gasteiger partial charge in [0.25, 0.3) is 5.56 Å². The molecule has 0 unspecified atom stereocenters. The van der Waals surface area contributed by atoms with Crippen molar-refractivity contribution in [1.29, 1.82) is 0 Å². The molecule has 0 radical (unpaired) electrons. The Balaban J connectivity index is 2.32. The molecule has 1 fully saturated rings. The minimum absolute atomic E-state index is 0.138. The first-order chi connectivity index (χ1) is 9.13. The fourth-order valence-electron chi connectivity index (χ4n) is 1.95. The summed E-state index contributed by atoms with van der Waals surface area (Å²) in [5.74, 6) is 0. The Bertz CT molecular complexity index is 856. The average Bonchev–Trinajstić information content (AvgIpc) is 3.19. The summed E-state index contributed by atoms with van der Waals surface area (Å²) in [6.07, 6.45) is 3.96. The molecule has 1 heterocycles. The van der Waals surface area contributed by atoms with Gasteiger partial charge in [0.05, 0.1) is 10.6 Å². The number of aromatic amines is 2. The maximum Gasteiger partial charge on any atom is 0.259 e. The highest BCUT2D eigenvalue weighted by molar-refractivity contribution is 9.10. The van der Waals surface area contributed by atoms with E-state index >= 15 is 0 Å². The SMILES string of the molecule is O=c1[nH]c(=S)[nH]c(=C2CC2)/c1=C/c1ccc(Br)cc1. The highest BCUT2D eigenvalue weighted by Gasteiger charge is 2.13. The molecule has 0 saturated heterocycles. The standard InChI is InChI=1S/C14H11BrN2OS/c15-10-5-1-8(2-6-10)7-11-12(9-3-4-9)16-14(19)17-13(11)18/h1-2,5-7H,3-4H2,(H2,16,17,18,19)/b11-7-. The van der Waals surface area contributed by atoms with Crippen molar-refractivity contribution in [1.82, 2.24) is 9.97 Å². The van der Waals surface area contributed by atoms with Crippen molar-refractivity contribution >= 4 is 39.8 Å². The van der Waals surface area contributed by atoms with Crippen LogP contribution in [0.3, 0.4) is 0 Å². The monoisotopic (exact) mass is 334 g/mol. The lowest BCUT2D eigenvalue weighted by Gasteiger charge is -1.95. The highest BCUT2D eigenvalue weighted by Crippen LogP contribution is 2.26. The molecule has 0 spiro atoms. The topological polar surface area (TPSA) is 48.6 Å². The van der Waals surface area contributed by atoms with Crippen LogP contribution in [-0.2, 0) is 0 Å². The number of aromatic nitrogens is 2. The third-order valence-electron chi connectivity index (χ3n) is 3.01.